The summed E-state index contributed by atoms with van der Waals surface area (Å²) in [4.78, 5) is 12.0. The van der Waals surface area contributed by atoms with Gasteiger partial charge in [0.2, 0.25) is 0 Å². The van der Waals surface area contributed by atoms with Crippen LogP contribution in [0.15, 0.2) is 16.6 Å². The van der Waals surface area contributed by atoms with Gasteiger partial charge in [-0.3, -0.25) is 4.79 Å². The summed E-state index contributed by atoms with van der Waals surface area (Å²) in [6.45, 7) is 4.53. The number of halogens is 1. The molecule has 1 aromatic carbocycles. The zero-order chi connectivity index (χ0) is 13.0. The van der Waals surface area contributed by atoms with E-state index in [0.717, 1.165) is 10.0 Å². The molecule has 0 atom stereocenters. The van der Waals surface area contributed by atoms with Crippen molar-refractivity contribution in [2.75, 3.05) is 13.7 Å². The van der Waals surface area contributed by atoms with Crippen LogP contribution in [0.4, 0.5) is 0 Å². The molecule has 0 heterocycles. The van der Waals surface area contributed by atoms with Crippen LogP contribution in [0.2, 0.25) is 0 Å². The van der Waals surface area contributed by atoms with Crippen LogP contribution in [0.1, 0.15) is 42.1 Å². The lowest BCUT2D eigenvalue weighted by Crippen LogP contribution is -2.10. The fourth-order valence-electron chi connectivity index (χ4n) is 1.63. The third-order valence-electron chi connectivity index (χ3n) is 2.61. The molecule has 1 rings (SSSR count). The molecule has 17 heavy (non-hydrogen) atoms. The number of nitrogens with two attached hydrogens (primary N) is 1. The molecule has 4 heteroatoms. The van der Waals surface area contributed by atoms with Gasteiger partial charge >= 0.3 is 0 Å². The van der Waals surface area contributed by atoms with E-state index < -0.39 is 0 Å². The number of rotatable bonds is 5. The van der Waals surface area contributed by atoms with Crippen molar-refractivity contribution in [1.82, 2.24) is 0 Å². The number of methoxy groups -OCH3 is 1. The number of ether oxygens (including phenoxy) is 1. The van der Waals surface area contributed by atoms with E-state index in [1.807, 2.05) is 12.1 Å². The second kappa shape index (κ2) is 6.17. The predicted octanol–water partition coefficient (Wildman–Crippen LogP) is 3.11. The lowest BCUT2D eigenvalue weighted by molar-refractivity contribution is 0.0982. The average Bonchev–Trinajstić information content (AvgIpc) is 2.28. The van der Waals surface area contributed by atoms with Gasteiger partial charge < -0.3 is 10.5 Å². The summed E-state index contributed by atoms with van der Waals surface area (Å²) in [6.07, 6.45) is 0.338. The van der Waals surface area contributed by atoms with Gasteiger partial charge in [0.15, 0.2) is 5.78 Å². The number of benzene rings is 1. The Hall–Kier alpha value is -0.870. The number of ketones is 1. The second-order valence-electron chi connectivity index (χ2n) is 4.20. The number of hydrogen-bond donors (Lipinski definition) is 1. The summed E-state index contributed by atoms with van der Waals surface area (Å²) in [5.41, 5.74) is 7.14. The highest BCUT2D eigenvalue weighted by Crippen LogP contribution is 2.33. The number of Topliss-reactive ketones (excluding diaryl/α,β-unsaturated/α-hetero) is 1. The van der Waals surface area contributed by atoms with E-state index in [4.69, 9.17) is 10.5 Å². The molecule has 3 nitrogen and oxygen atoms in total. The van der Waals surface area contributed by atoms with Crippen LogP contribution in [0.3, 0.4) is 0 Å². The summed E-state index contributed by atoms with van der Waals surface area (Å²) in [5, 5.41) is 0. The van der Waals surface area contributed by atoms with Crippen LogP contribution >= 0.6 is 15.9 Å². The number of hydrogen-bond acceptors (Lipinski definition) is 3. The van der Waals surface area contributed by atoms with Crippen molar-refractivity contribution in [2.45, 2.75) is 26.2 Å². The molecule has 0 fully saturated rings. The monoisotopic (exact) mass is 299 g/mol. The van der Waals surface area contributed by atoms with E-state index >= 15 is 0 Å². The Morgan fingerprint density at radius 3 is 2.59 bits per heavy atom. The van der Waals surface area contributed by atoms with Gasteiger partial charge in [-0.25, -0.2) is 0 Å². The predicted molar refractivity (Wildman–Crippen MR) is 72.8 cm³/mol. The van der Waals surface area contributed by atoms with E-state index in [0.29, 0.717) is 30.2 Å². The Balaban J connectivity index is 3.28. The molecule has 0 saturated heterocycles. The van der Waals surface area contributed by atoms with Gasteiger partial charge in [-0.15, -0.1) is 0 Å². The van der Waals surface area contributed by atoms with Crippen LogP contribution in [0.25, 0.3) is 0 Å². The van der Waals surface area contributed by atoms with Gasteiger partial charge in [0.25, 0.3) is 0 Å². The highest BCUT2D eigenvalue weighted by Gasteiger charge is 2.17. The van der Waals surface area contributed by atoms with Crippen molar-refractivity contribution in [1.29, 1.82) is 0 Å². The van der Waals surface area contributed by atoms with Crippen LogP contribution in [0.5, 0.6) is 5.75 Å². The topological polar surface area (TPSA) is 52.3 Å². The molecule has 0 aliphatic rings. The fourth-order valence-corrected chi connectivity index (χ4v) is 2.27. The molecule has 0 bridgehead atoms. The average molecular weight is 300 g/mol. The van der Waals surface area contributed by atoms with Gasteiger partial charge in [0.05, 0.1) is 17.1 Å². The van der Waals surface area contributed by atoms with Gasteiger partial charge in [0, 0.05) is 6.42 Å². The van der Waals surface area contributed by atoms with Gasteiger partial charge in [-0.05, 0) is 46.1 Å². The molecule has 0 aliphatic carbocycles. The van der Waals surface area contributed by atoms with Gasteiger partial charge in [-0.1, -0.05) is 13.8 Å². The zero-order valence-electron chi connectivity index (χ0n) is 10.4. The molecule has 0 aliphatic heterocycles. The number of carbonyl (C=O) groups excluding carboxylic acids is 1. The highest BCUT2D eigenvalue weighted by molar-refractivity contribution is 9.10. The third kappa shape index (κ3) is 3.30. The number of carbonyl (C=O) groups is 1. The first kappa shape index (κ1) is 14.2. The Kier molecular flexibility index (Phi) is 5.15. The summed E-state index contributed by atoms with van der Waals surface area (Å²) in [7, 11) is 1.56. The molecule has 0 unspecified atom stereocenters. The third-order valence-corrected chi connectivity index (χ3v) is 3.20. The van der Waals surface area contributed by atoms with Crippen molar-refractivity contribution in [2.24, 2.45) is 5.73 Å². The molecule has 0 amide bonds. The van der Waals surface area contributed by atoms with E-state index in [1.54, 1.807) is 7.11 Å². The van der Waals surface area contributed by atoms with E-state index in [9.17, 15) is 4.79 Å². The first-order chi connectivity index (χ1) is 8.01. The van der Waals surface area contributed by atoms with Crippen LogP contribution in [-0.2, 0) is 0 Å². The van der Waals surface area contributed by atoms with Crippen molar-refractivity contribution in [3.05, 3.63) is 27.7 Å². The second-order valence-corrected chi connectivity index (χ2v) is 5.05. The van der Waals surface area contributed by atoms with Crippen LogP contribution < -0.4 is 10.5 Å². The van der Waals surface area contributed by atoms with E-state index in [2.05, 4.69) is 29.8 Å². The maximum Gasteiger partial charge on any atom is 0.167 e. The highest BCUT2D eigenvalue weighted by atomic mass is 79.9. The molecule has 2 N–H and O–H groups in total. The largest absolute Gasteiger partial charge is 0.495 e. The first-order valence-electron chi connectivity index (χ1n) is 5.62. The molecule has 0 spiro atoms. The Bertz CT molecular complexity index is 416. The SMILES string of the molecule is COc1c(Br)cc(C(C)C)cc1C(=O)CCN. The lowest BCUT2D eigenvalue weighted by atomic mass is 9.97. The smallest absolute Gasteiger partial charge is 0.167 e. The van der Waals surface area contributed by atoms with Crippen LogP contribution in [-0.4, -0.2) is 19.4 Å². The minimum atomic E-state index is 0.0209. The molecular formula is C13H18BrNO2. The Morgan fingerprint density at radius 2 is 2.12 bits per heavy atom. The van der Waals surface area contributed by atoms with Crippen molar-refractivity contribution >= 4 is 21.7 Å². The first-order valence-corrected chi connectivity index (χ1v) is 6.41. The van der Waals surface area contributed by atoms with Gasteiger partial charge in [0.1, 0.15) is 5.75 Å². The van der Waals surface area contributed by atoms with Crippen molar-refractivity contribution in [3.8, 4) is 5.75 Å². The molecular weight excluding hydrogens is 282 g/mol. The van der Waals surface area contributed by atoms with E-state index in [1.165, 1.54) is 0 Å². The van der Waals surface area contributed by atoms with E-state index in [-0.39, 0.29) is 5.78 Å². The Morgan fingerprint density at radius 1 is 1.47 bits per heavy atom. The quantitative estimate of drug-likeness (QED) is 0.850. The molecule has 94 valence electrons. The van der Waals surface area contributed by atoms with Crippen molar-refractivity contribution < 1.29 is 9.53 Å². The summed E-state index contributed by atoms with van der Waals surface area (Å²) in [6, 6.07) is 3.88. The maximum absolute atomic E-state index is 12.0. The molecule has 0 aromatic heterocycles. The van der Waals surface area contributed by atoms with Crippen molar-refractivity contribution in [3.63, 3.8) is 0 Å². The maximum atomic E-state index is 12.0. The normalized spacial score (nSPS) is 10.7. The standard InChI is InChI=1S/C13H18BrNO2/c1-8(2)9-6-10(12(16)4-5-15)13(17-3)11(14)7-9/h6-8H,4-5,15H2,1-3H3. The Labute approximate surface area is 110 Å². The minimum absolute atomic E-state index is 0.0209. The minimum Gasteiger partial charge on any atom is -0.495 e. The zero-order valence-corrected chi connectivity index (χ0v) is 12.0. The fraction of sp³-hybridized carbons (Fsp3) is 0.462. The van der Waals surface area contributed by atoms with Gasteiger partial charge in [-0.2, -0.15) is 0 Å². The summed E-state index contributed by atoms with van der Waals surface area (Å²) < 4.78 is 6.08. The molecule has 1 aromatic rings. The summed E-state index contributed by atoms with van der Waals surface area (Å²) in [5.74, 6) is 0.974. The van der Waals surface area contributed by atoms with Crippen LogP contribution in [0, 0.1) is 0 Å². The summed E-state index contributed by atoms with van der Waals surface area (Å²) >= 11 is 3.44. The molecule has 0 saturated carbocycles. The molecule has 0 radical (unpaired) electrons. The lowest BCUT2D eigenvalue weighted by Gasteiger charge is -2.14.